The van der Waals surface area contributed by atoms with Gasteiger partial charge in [0.25, 0.3) is 0 Å². The highest BCUT2D eigenvalue weighted by atomic mass is 32.1. The van der Waals surface area contributed by atoms with E-state index < -0.39 is 0 Å². The molecule has 0 bridgehead atoms. The maximum Gasteiger partial charge on any atom is 0.160 e. The van der Waals surface area contributed by atoms with Crippen LogP contribution in [0.4, 0.5) is 0 Å². The number of rotatable bonds is 5. The highest BCUT2D eigenvalue weighted by Crippen LogP contribution is 2.49. The van der Waals surface area contributed by atoms with Crippen LogP contribution in [-0.2, 0) is 0 Å². The van der Waals surface area contributed by atoms with Gasteiger partial charge in [-0.25, -0.2) is 9.97 Å². The maximum atomic E-state index is 5.56. The summed E-state index contributed by atoms with van der Waals surface area (Å²) in [5, 5.41) is 12.5. The molecule has 12 aromatic rings. The Morgan fingerprint density at radius 2 is 0.814 bits per heavy atom. The largest absolute Gasteiger partial charge is 0.228 e. The lowest BCUT2D eigenvalue weighted by atomic mass is 9.90. The van der Waals surface area contributed by atoms with E-state index in [0.717, 1.165) is 44.8 Å². The zero-order chi connectivity index (χ0) is 38.9. The monoisotopic (exact) mass is 766 g/mol. The van der Waals surface area contributed by atoms with Gasteiger partial charge in [0, 0.05) is 42.2 Å². The standard InChI is InChI=1S/C56H34N2S/c1-3-15-35(16-4-1)37-21-13-23-41(29-37)50-34-51(58-56(57-50)42-24-14-22-38(30-42)36-17-5-2-6-18-36)48-33-47-45-27-10-9-25-43(45)44-26-11-12-28-46(44)53(47)55-54(48)49-31-39-19-7-8-20-40(39)32-52(49)59-55/h1-34H. The highest BCUT2D eigenvalue weighted by molar-refractivity contribution is 7.27. The number of aromatic nitrogens is 2. The first-order valence-electron chi connectivity index (χ1n) is 20.1. The van der Waals surface area contributed by atoms with Gasteiger partial charge in [-0.1, -0.05) is 170 Å². The number of nitrogens with zero attached hydrogens (tertiary/aromatic N) is 2. The average Bonchev–Trinajstić information content (AvgIpc) is 3.69. The Morgan fingerprint density at radius 1 is 0.305 bits per heavy atom. The number of fused-ring (bicyclic) bond motifs is 11. The van der Waals surface area contributed by atoms with Crippen molar-refractivity contribution in [3.8, 4) is 56.2 Å². The summed E-state index contributed by atoms with van der Waals surface area (Å²) in [6.07, 6.45) is 0. The third kappa shape index (κ3) is 5.62. The summed E-state index contributed by atoms with van der Waals surface area (Å²) in [6.45, 7) is 0. The van der Waals surface area contributed by atoms with Gasteiger partial charge in [-0.2, -0.15) is 0 Å². The summed E-state index contributed by atoms with van der Waals surface area (Å²) >= 11 is 1.90. The second-order valence-corrected chi connectivity index (χ2v) is 16.3. The van der Waals surface area contributed by atoms with Crippen molar-refractivity contribution in [3.63, 3.8) is 0 Å². The van der Waals surface area contributed by atoms with Crippen LogP contribution in [0.25, 0.3) is 119 Å². The highest BCUT2D eigenvalue weighted by Gasteiger charge is 2.22. The molecule has 0 radical (unpaired) electrons. The van der Waals surface area contributed by atoms with Crippen LogP contribution in [0.15, 0.2) is 206 Å². The van der Waals surface area contributed by atoms with Crippen molar-refractivity contribution in [1.29, 1.82) is 0 Å². The Bertz CT molecular complexity index is 3500. The maximum absolute atomic E-state index is 5.56. The van der Waals surface area contributed by atoms with Gasteiger partial charge in [0.15, 0.2) is 5.82 Å². The summed E-state index contributed by atoms with van der Waals surface area (Å²) in [5.41, 5.74) is 9.53. The van der Waals surface area contributed by atoms with Gasteiger partial charge in [-0.15, -0.1) is 11.3 Å². The summed E-state index contributed by atoms with van der Waals surface area (Å²) in [6, 6.07) is 74.4. The van der Waals surface area contributed by atoms with Gasteiger partial charge in [-0.3, -0.25) is 0 Å². The van der Waals surface area contributed by atoms with E-state index >= 15 is 0 Å². The van der Waals surface area contributed by atoms with Gasteiger partial charge in [-0.05, 0) is 96.4 Å². The third-order valence-electron chi connectivity index (χ3n) is 11.8. The minimum absolute atomic E-state index is 0.696. The number of benzene rings is 10. The Morgan fingerprint density at radius 3 is 1.51 bits per heavy atom. The molecule has 0 aliphatic rings. The summed E-state index contributed by atoms with van der Waals surface area (Å²) in [4.78, 5) is 10.9. The van der Waals surface area contributed by atoms with Crippen LogP contribution in [-0.4, -0.2) is 9.97 Å². The predicted octanol–water partition coefficient (Wildman–Crippen LogP) is 15.8. The molecule has 2 heterocycles. The lowest BCUT2D eigenvalue weighted by molar-refractivity contribution is 1.19. The summed E-state index contributed by atoms with van der Waals surface area (Å²) in [7, 11) is 0. The van der Waals surface area contributed by atoms with E-state index in [1.165, 1.54) is 68.8 Å². The van der Waals surface area contributed by atoms with E-state index in [-0.39, 0.29) is 0 Å². The molecule has 0 fully saturated rings. The molecule has 0 amide bonds. The Balaban J connectivity index is 1.20. The summed E-state index contributed by atoms with van der Waals surface area (Å²) < 4.78 is 2.55. The van der Waals surface area contributed by atoms with Crippen molar-refractivity contribution < 1.29 is 0 Å². The topological polar surface area (TPSA) is 25.8 Å². The molecule has 59 heavy (non-hydrogen) atoms. The van der Waals surface area contributed by atoms with E-state index in [9.17, 15) is 0 Å². The van der Waals surface area contributed by atoms with Crippen LogP contribution in [0.5, 0.6) is 0 Å². The second kappa shape index (κ2) is 13.6. The smallest absolute Gasteiger partial charge is 0.160 e. The Labute approximate surface area is 345 Å². The van der Waals surface area contributed by atoms with E-state index in [1.54, 1.807) is 0 Å². The second-order valence-electron chi connectivity index (χ2n) is 15.3. The lowest BCUT2D eigenvalue weighted by Crippen LogP contribution is -1.97. The first kappa shape index (κ1) is 33.7. The average molecular weight is 767 g/mol. The molecule has 3 heteroatoms. The molecular formula is C56H34N2S. The minimum Gasteiger partial charge on any atom is -0.228 e. The first-order chi connectivity index (χ1) is 29.2. The molecular weight excluding hydrogens is 733 g/mol. The van der Waals surface area contributed by atoms with Crippen molar-refractivity contribution in [3.05, 3.63) is 206 Å². The fraction of sp³-hybridized carbons (Fsp3) is 0. The van der Waals surface area contributed by atoms with Crippen molar-refractivity contribution >= 4 is 74.6 Å². The van der Waals surface area contributed by atoms with Gasteiger partial charge in [0.05, 0.1) is 11.4 Å². The Kier molecular flexibility index (Phi) is 7.75. The molecule has 0 saturated carbocycles. The predicted molar refractivity (Wildman–Crippen MR) is 252 cm³/mol. The van der Waals surface area contributed by atoms with E-state index in [4.69, 9.17) is 9.97 Å². The van der Waals surface area contributed by atoms with Crippen molar-refractivity contribution in [2.45, 2.75) is 0 Å². The van der Waals surface area contributed by atoms with Crippen molar-refractivity contribution in [1.82, 2.24) is 9.97 Å². The van der Waals surface area contributed by atoms with Crippen LogP contribution in [0.3, 0.4) is 0 Å². The molecule has 0 unspecified atom stereocenters. The number of hydrogen-bond donors (Lipinski definition) is 0. The third-order valence-corrected chi connectivity index (χ3v) is 13.0. The number of hydrogen-bond acceptors (Lipinski definition) is 3. The molecule has 0 aliphatic carbocycles. The van der Waals surface area contributed by atoms with Gasteiger partial charge < -0.3 is 0 Å². The lowest BCUT2D eigenvalue weighted by Gasteiger charge is -2.15. The molecule has 10 aromatic carbocycles. The molecule has 0 N–H and O–H groups in total. The van der Waals surface area contributed by atoms with Crippen LogP contribution in [0.2, 0.25) is 0 Å². The Hall–Kier alpha value is -7.46. The molecule has 0 atom stereocenters. The normalized spacial score (nSPS) is 11.7. The molecule has 2 nitrogen and oxygen atoms in total. The number of thiophene rings is 1. The molecule has 0 spiro atoms. The van der Waals surface area contributed by atoms with Crippen molar-refractivity contribution in [2.75, 3.05) is 0 Å². The molecule has 12 rings (SSSR count). The fourth-order valence-electron chi connectivity index (χ4n) is 9.03. The van der Waals surface area contributed by atoms with E-state index in [0.29, 0.717) is 5.82 Å². The van der Waals surface area contributed by atoms with Gasteiger partial charge >= 0.3 is 0 Å². The van der Waals surface area contributed by atoms with E-state index in [2.05, 4.69) is 206 Å². The van der Waals surface area contributed by atoms with Crippen LogP contribution < -0.4 is 0 Å². The molecule has 274 valence electrons. The molecule has 0 saturated heterocycles. The first-order valence-corrected chi connectivity index (χ1v) is 20.9. The summed E-state index contributed by atoms with van der Waals surface area (Å²) in [5.74, 6) is 0.696. The van der Waals surface area contributed by atoms with Crippen LogP contribution in [0.1, 0.15) is 0 Å². The van der Waals surface area contributed by atoms with Crippen LogP contribution in [0, 0.1) is 0 Å². The SMILES string of the molecule is c1ccc(-c2cccc(-c3cc(-c4cc5c6ccccc6c6ccccc6c5c5sc6cc7ccccc7cc6c45)nc(-c4cccc(-c5ccccc5)c4)n3)c2)cc1. The minimum atomic E-state index is 0.696. The van der Waals surface area contributed by atoms with Gasteiger partial charge in [0.1, 0.15) is 0 Å². The quantitative estimate of drug-likeness (QED) is 0.163. The fourth-order valence-corrected chi connectivity index (χ4v) is 10.3. The van der Waals surface area contributed by atoms with Crippen molar-refractivity contribution in [2.24, 2.45) is 0 Å². The van der Waals surface area contributed by atoms with Gasteiger partial charge in [0.2, 0.25) is 0 Å². The molecule has 2 aromatic heterocycles. The zero-order valence-electron chi connectivity index (χ0n) is 31.9. The van der Waals surface area contributed by atoms with E-state index in [1.807, 2.05) is 11.3 Å². The van der Waals surface area contributed by atoms with Crippen LogP contribution >= 0.6 is 11.3 Å². The molecule has 0 aliphatic heterocycles. The zero-order valence-corrected chi connectivity index (χ0v) is 32.7.